The average Bonchev–Trinajstić information content (AvgIpc) is 2.25. The lowest BCUT2D eigenvalue weighted by atomic mass is 9.71. The smallest absolute Gasteiger partial charge is 0.225 e. The van der Waals surface area contributed by atoms with Gasteiger partial charge in [0.25, 0.3) is 0 Å². The number of hydrogen-bond donors (Lipinski definition) is 0. The van der Waals surface area contributed by atoms with Gasteiger partial charge in [0, 0.05) is 24.4 Å². The molecule has 3 nitrogen and oxygen atoms in total. The molecule has 0 aliphatic carbocycles. The van der Waals surface area contributed by atoms with E-state index in [2.05, 4.69) is 11.8 Å². The fourth-order valence-corrected chi connectivity index (χ4v) is 2.94. The topological polar surface area (TPSA) is 23.6 Å². The molecule has 0 aromatic heterocycles. The van der Waals surface area contributed by atoms with E-state index in [0.29, 0.717) is 11.3 Å². The van der Waals surface area contributed by atoms with Gasteiger partial charge >= 0.3 is 0 Å². The molecule has 0 N–H and O–H groups in total. The lowest BCUT2D eigenvalue weighted by Crippen LogP contribution is -2.62. The predicted molar refractivity (Wildman–Crippen MR) is 65.2 cm³/mol. The van der Waals surface area contributed by atoms with E-state index in [0.717, 1.165) is 13.1 Å². The summed E-state index contributed by atoms with van der Waals surface area (Å²) in [7, 11) is 0. The monoisotopic (exact) mass is 224 g/mol. The highest BCUT2D eigenvalue weighted by molar-refractivity contribution is 5.79. The van der Waals surface area contributed by atoms with Crippen LogP contribution in [-0.2, 0) is 4.79 Å². The highest BCUT2D eigenvalue weighted by atomic mass is 16.2. The molecule has 2 heterocycles. The van der Waals surface area contributed by atoms with Crippen LogP contribution in [0.15, 0.2) is 0 Å². The molecule has 0 aromatic carbocycles. The average molecular weight is 224 g/mol. The molecular formula is C13H24N2O. The Balaban J connectivity index is 1.81. The Morgan fingerprint density at radius 2 is 1.81 bits per heavy atom. The minimum Gasteiger partial charge on any atom is -0.341 e. The van der Waals surface area contributed by atoms with E-state index >= 15 is 0 Å². The molecule has 0 saturated carbocycles. The van der Waals surface area contributed by atoms with E-state index in [9.17, 15) is 4.79 Å². The molecule has 2 rings (SSSR count). The van der Waals surface area contributed by atoms with Gasteiger partial charge < -0.3 is 9.80 Å². The number of piperidine rings is 1. The summed E-state index contributed by atoms with van der Waals surface area (Å²) < 4.78 is 0. The van der Waals surface area contributed by atoms with E-state index in [1.807, 2.05) is 18.7 Å². The molecule has 2 fully saturated rings. The molecule has 16 heavy (non-hydrogen) atoms. The van der Waals surface area contributed by atoms with Gasteiger partial charge in [0.15, 0.2) is 0 Å². The summed E-state index contributed by atoms with van der Waals surface area (Å²) in [5.74, 6) is 0.497. The molecule has 3 heteroatoms. The number of carbonyl (C=O) groups is 1. The quantitative estimate of drug-likeness (QED) is 0.711. The summed E-state index contributed by atoms with van der Waals surface area (Å²) in [6.07, 6.45) is 2.56. The lowest BCUT2D eigenvalue weighted by molar-refractivity contribution is -0.150. The van der Waals surface area contributed by atoms with Crippen molar-refractivity contribution in [3.8, 4) is 0 Å². The Kier molecular flexibility index (Phi) is 3.24. The van der Waals surface area contributed by atoms with Crippen LogP contribution in [0.4, 0.5) is 0 Å². The maximum absolute atomic E-state index is 11.8. The van der Waals surface area contributed by atoms with Gasteiger partial charge in [-0.15, -0.1) is 0 Å². The van der Waals surface area contributed by atoms with Crippen molar-refractivity contribution in [1.82, 2.24) is 9.80 Å². The third-order valence-electron chi connectivity index (χ3n) is 4.22. The first-order valence-electron chi connectivity index (χ1n) is 6.57. The second-order valence-corrected chi connectivity index (χ2v) is 5.78. The minimum absolute atomic E-state index is 0.160. The van der Waals surface area contributed by atoms with Gasteiger partial charge in [-0.1, -0.05) is 20.8 Å². The highest BCUT2D eigenvalue weighted by Crippen LogP contribution is 2.40. The normalized spacial score (nSPS) is 24.9. The van der Waals surface area contributed by atoms with E-state index in [-0.39, 0.29) is 5.92 Å². The fourth-order valence-electron chi connectivity index (χ4n) is 2.94. The first kappa shape index (κ1) is 11.9. The lowest BCUT2D eigenvalue weighted by Gasteiger charge is -2.54. The van der Waals surface area contributed by atoms with Crippen LogP contribution in [0.1, 0.15) is 33.6 Å². The van der Waals surface area contributed by atoms with Gasteiger partial charge in [0.2, 0.25) is 5.91 Å². The standard InChI is InChI=1S/C13H24N2O/c1-4-14-7-5-13(6-8-14)9-15(10-13)12(16)11(2)3/h11H,4-10H2,1-3H3. The molecule has 92 valence electrons. The number of rotatable bonds is 2. The maximum atomic E-state index is 11.8. The molecule has 0 aromatic rings. The maximum Gasteiger partial charge on any atom is 0.225 e. The number of carbonyl (C=O) groups excluding carboxylic acids is 1. The van der Waals surface area contributed by atoms with Gasteiger partial charge in [-0.25, -0.2) is 0 Å². The van der Waals surface area contributed by atoms with Crippen molar-refractivity contribution in [2.75, 3.05) is 32.7 Å². The SMILES string of the molecule is CCN1CCC2(CC1)CN(C(=O)C(C)C)C2. The van der Waals surface area contributed by atoms with Crippen LogP contribution in [0.25, 0.3) is 0 Å². The third kappa shape index (κ3) is 2.10. The van der Waals surface area contributed by atoms with E-state index in [1.165, 1.54) is 32.5 Å². The molecular weight excluding hydrogens is 200 g/mol. The summed E-state index contributed by atoms with van der Waals surface area (Å²) in [5.41, 5.74) is 0.482. The van der Waals surface area contributed by atoms with Crippen molar-refractivity contribution in [2.24, 2.45) is 11.3 Å². The molecule has 2 aliphatic rings. The fraction of sp³-hybridized carbons (Fsp3) is 0.923. The van der Waals surface area contributed by atoms with Crippen LogP contribution >= 0.6 is 0 Å². The molecule has 2 aliphatic heterocycles. The van der Waals surface area contributed by atoms with Crippen LogP contribution in [0.5, 0.6) is 0 Å². The van der Waals surface area contributed by atoms with E-state index < -0.39 is 0 Å². The van der Waals surface area contributed by atoms with Crippen LogP contribution in [-0.4, -0.2) is 48.4 Å². The van der Waals surface area contributed by atoms with E-state index in [1.54, 1.807) is 0 Å². The zero-order valence-corrected chi connectivity index (χ0v) is 10.8. The molecule has 0 radical (unpaired) electrons. The zero-order valence-electron chi connectivity index (χ0n) is 10.8. The zero-order chi connectivity index (χ0) is 11.8. The first-order valence-corrected chi connectivity index (χ1v) is 6.57. The molecule has 1 spiro atoms. The molecule has 0 unspecified atom stereocenters. The van der Waals surface area contributed by atoms with Gasteiger partial charge in [-0.3, -0.25) is 4.79 Å². The Labute approximate surface area is 98.8 Å². The highest BCUT2D eigenvalue weighted by Gasteiger charge is 2.46. The molecule has 1 amide bonds. The largest absolute Gasteiger partial charge is 0.341 e. The van der Waals surface area contributed by atoms with Crippen molar-refractivity contribution >= 4 is 5.91 Å². The van der Waals surface area contributed by atoms with Gasteiger partial charge in [-0.2, -0.15) is 0 Å². The first-order chi connectivity index (χ1) is 7.56. The second kappa shape index (κ2) is 4.36. The summed E-state index contributed by atoms with van der Waals surface area (Å²) in [5, 5.41) is 0. The summed E-state index contributed by atoms with van der Waals surface area (Å²) in [4.78, 5) is 16.3. The van der Waals surface area contributed by atoms with Crippen molar-refractivity contribution in [3.63, 3.8) is 0 Å². The second-order valence-electron chi connectivity index (χ2n) is 5.78. The van der Waals surface area contributed by atoms with Gasteiger partial charge in [-0.05, 0) is 32.5 Å². The number of nitrogens with zero attached hydrogens (tertiary/aromatic N) is 2. The molecule has 0 atom stereocenters. The van der Waals surface area contributed by atoms with Gasteiger partial charge in [0.05, 0.1) is 0 Å². The minimum atomic E-state index is 0.160. The Bertz CT molecular complexity index is 259. The van der Waals surface area contributed by atoms with Crippen molar-refractivity contribution in [2.45, 2.75) is 33.6 Å². The van der Waals surface area contributed by atoms with Crippen LogP contribution in [0.3, 0.4) is 0 Å². The summed E-state index contributed by atoms with van der Waals surface area (Å²) in [6.45, 7) is 11.9. The number of amides is 1. The Morgan fingerprint density at radius 3 is 2.25 bits per heavy atom. The molecule has 2 saturated heterocycles. The Hall–Kier alpha value is -0.570. The summed E-state index contributed by atoms with van der Waals surface area (Å²) >= 11 is 0. The molecule has 0 bridgehead atoms. The van der Waals surface area contributed by atoms with Crippen LogP contribution in [0.2, 0.25) is 0 Å². The van der Waals surface area contributed by atoms with E-state index in [4.69, 9.17) is 0 Å². The summed E-state index contributed by atoms with van der Waals surface area (Å²) in [6, 6.07) is 0. The third-order valence-corrected chi connectivity index (χ3v) is 4.22. The number of hydrogen-bond acceptors (Lipinski definition) is 2. The van der Waals surface area contributed by atoms with Gasteiger partial charge in [0.1, 0.15) is 0 Å². The van der Waals surface area contributed by atoms with Crippen LogP contribution < -0.4 is 0 Å². The van der Waals surface area contributed by atoms with Crippen molar-refractivity contribution in [3.05, 3.63) is 0 Å². The van der Waals surface area contributed by atoms with Crippen molar-refractivity contribution < 1.29 is 4.79 Å². The van der Waals surface area contributed by atoms with Crippen LogP contribution in [0, 0.1) is 11.3 Å². The predicted octanol–water partition coefficient (Wildman–Crippen LogP) is 1.59. The number of likely N-dealkylation sites (tertiary alicyclic amines) is 2. The van der Waals surface area contributed by atoms with Crippen molar-refractivity contribution in [1.29, 1.82) is 0 Å². The Morgan fingerprint density at radius 1 is 1.25 bits per heavy atom.